The van der Waals surface area contributed by atoms with Gasteiger partial charge in [-0.1, -0.05) is 23.2 Å². The number of furan rings is 1. The fourth-order valence-electron chi connectivity index (χ4n) is 2.75. The molecule has 2 amide bonds. The van der Waals surface area contributed by atoms with Gasteiger partial charge < -0.3 is 30.4 Å². The number of hydrogen-bond acceptors (Lipinski definition) is 6. The molecule has 3 aromatic rings. The lowest BCUT2D eigenvalue weighted by Crippen LogP contribution is -2.20. The van der Waals surface area contributed by atoms with Crippen LogP contribution in [0.15, 0.2) is 40.8 Å². The van der Waals surface area contributed by atoms with Crippen molar-refractivity contribution in [2.45, 2.75) is 0 Å². The summed E-state index contributed by atoms with van der Waals surface area (Å²) in [7, 11) is 0. The molecular weight excluding hydrogens is 435 g/mol. The van der Waals surface area contributed by atoms with Gasteiger partial charge in [0, 0.05) is 28.0 Å². The van der Waals surface area contributed by atoms with E-state index in [1.165, 1.54) is 24.3 Å². The maximum absolute atomic E-state index is 13.0. The van der Waals surface area contributed by atoms with Crippen LogP contribution in [-0.2, 0) is 0 Å². The number of rotatable bonds is 8. The number of aliphatic hydroxyl groups excluding tert-OH is 2. The number of benzene rings is 2. The summed E-state index contributed by atoms with van der Waals surface area (Å²) in [6.07, 6.45) is 0. The zero-order chi connectivity index (χ0) is 21.8. The number of anilines is 1. The SMILES string of the molecule is NC(=O)Nc1c(C(=O)c2ccc(Cl)cc2Cl)oc2cc(OCC(CO)CO)ccc12. The average Bonchev–Trinajstić information content (AvgIpc) is 3.05. The van der Waals surface area contributed by atoms with Gasteiger partial charge in [0.25, 0.3) is 0 Å². The third kappa shape index (κ3) is 4.68. The second-order valence-electron chi connectivity index (χ2n) is 6.45. The van der Waals surface area contributed by atoms with Crippen LogP contribution in [0.5, 0.6) is 5.75 Å². The van der Waals surface area contributed by atoms with E-state index in [0.717, 1.165) is 0 Å². The molecule has 3 rings (SSSR count). The third-order valence-corrected chi connectivity index (χ3v) is 4.84. The quantitative estimate of drug-likeness (QED) is 0.386. The number of ketones is 1. The van der Waals surface area contributed by atoms with E-state index in [0.29, 0.717) is 16.2 Å². The number of nitrogens with one attached hydrogen (secondary N) is 1. The number of hydrogen-bond donors (Lipinski definition) is 4. The molecule has 0 atom stereocenters. The van der Waals surface area contributed by atoms with E-state index in [1.807, 2.05) is 0 Å². The molecule has 2 aromatic carbocycles. The van der Waals surface area contributed by atoms with Crippen molar-refractivity contribution < 1.29 is 29.0 Å². The van der Waals surface area contributed by atoms with E-state index in [9.17, 15) is 9.59 Å². The molecule has 30 heavy (non-hydrogen) atoms. The smallest absolute Gasteiger partial charge is 0.316 e. The molecule has 0 aliphatic carbocycles. The molecule has 0 bridgehead atoms. The Bertz CT molecular complexity index is 1090. The van der Waals surface area contributed by atoms with Crippen LogP contribution in [0, 0.1) is 5.92 Å². The number of fused-ring (bicyclic) bond motifs is 1. The highest BCUT2D eigenvalue weighted by molar-refractivity contribution is 6.37. The second-order valence-corrected chi connectivity index (χ2v) is 7.29. The predicted octanol–water partition coefficient (Wildman–Crippen LogP) is 3.44. The molecule has 0 saturated heterocycles. The molecular formula is C20H18Cl2N2O6. The van der Waals surface area contributed by atoms with Crippen LogP contribution in [0.2, 0.25) is 10.0 Å². The minimum absolute atomic E-state index is 0.0811. The van der Waals surface area contributed by atoms with Crippen molar-refractivity contribution in [2.24, 2.45) is 11.7 Å². The van der Waals surface area contributed by atoms with E-state index in [2.05, 4.69) is 5.32 Å². The van der Waals surface area contributed by atoms with Crippen molar-refractivity contribution in [3.8, 4) is 5.75 Å². The minimum Gasteiger partial charge on any atom is -0.493 e. The first-order valence-corrected chi connectivity index (χ1v) is 9.57. The first kappa shape index (κ1) is 21.9. The lowest BCUT2D eigenvalue weighted by Gasteiger charge is -2.12. The Hall–Kier alpha value is -2.78. The van der Waals surface area contributed by atoms with Crippen LogP contribution < -0.4 is 15.8 Å². The number of primary amides is 1. The number of carbonyl (C=O) groups is 2. The number of halogens is 2. The molecule has 1 heterocycles. The van der Waals surface area contributed by atoms with Gasteiger partial charge in [0.2, 0.25) is 5.78 Å². The Morgan fingerprint density at radius 1 is 1.13 bits per heavy atom. The topological polar surface area (TPSA) is 135 Å². The van der Waals surface area contributed by atoms with Crippen LogP contribution in [0.1, 0.15) is 16.1 Å². The van der Waals surface area contributed by atoms with Crippen LogP contribution in [0.25, 0.3) is 11.0 Å². The predicted molar refractivity (Wildman–Crippen MR) is 112 cm³/mol. The lowest BCUT2D eigenvalue weighted by atomic mass is 10.1. The monoisotopic (exact) mass is 452 g/mol. The lowest BCUT2D eigenvalue weighted by molar-refractivity contribution is 0.101. The number of carbonyl (C=O) groups excluding carboxylic acids is 2. The van der Waals surface area contributed by atoms with Gasteiger partial charge in [0.1, 0.15) is 17.0 Å². The number of urea groups is 1. The molecule has 0 saturated carbocycles. The van der Waals surface area contributed by atoms with Crippen molar-refractivity contribution >= 4 is 51.7 Å². The van der Waals surface area contributed by atoms with E-state index >= 15 is 0 Å². The van der Waals surface area contributed by atoms with E-state index in [-0.39, 0.29) is 47.4 Å². The maximum Gasteiger partial charge on any atom is 0.316 e. The van der Waals surface area contributed by atoms with Gasteiger partial charge >= 0.3 is 6.03 Å². The summed E-state index contributed by atoms with van der Waals surface area (Å²) in [5.41, 5.74) is 5.75. The molecule has 0 spiro atoms. The van der Waals surface area contributed by atoms with Crippen molar-refractivity contribution in [1.29, 1.82) is 0 Å². The van der Waals surface area contributed by atoms with Crippen molar-refractivity contribution in [1.82, 2.24) is 0 Å². The van der Waals surface area contributed by atoms with Gasteiger partial charge in [-0.25, -0.2) is 4.79 Å². The van der Waals surface area contributed by atoms with Crippen LogP contribution in [0.4, 0.5) is 10.5 Å². The van der Waals surface area contributed by atoms with Crippen molar-refractivity contribution in [3.63, 3.8) is 0 Å². The number of nitrogens with two attached hydrogens (primary N) is 1. The Morgan fingerprint density at radius 3 is 2.50 bits per heavy atom. The summed E-state index contributed by atoms with van der Waals surface area (Å²) in [5.74, 6) is -0.778. The summed E-state index contributed by atoms with van der Waals surface area (Å²) < 4.78 is 11.3. The summed E-state index contributed by atoms with van der Waals surface area (Å²) in [6.45, 7) is -0.378. The largest absolute Gasteiger partial charge is 0.493 e. The first-order valence-electron chi connectivity index (χ1n) is 8.81. The fourth-order valence-corrected chi connectivity index (χ4v) is 3.24. The Labute approximate surface area is 181 Å². The number of amides is 2. The minimum atomic E-state index is -0.872. The average molecular weight is 453 g/mol. The van der Waals surface area contributed by atoms with E-state index in [1.54, 1.807) is 12.1 Å². The van der Waals surface area contributed by atoms with Crippen LogP contribution >= 0.6 is 23.2 Å². The van der Waals surface area contributed by atoms with Gasteiger partial charge in [-0.2, -0.15) is 0 Å². The normalized spacial score (nSPS) is 11.1. The molecule has 158 valence electrons. The Balaban J connectivity index is 2.02. The zero-order valence-corrected chi connectivity index (χ0v) is 17.0. The number of aliphatic hydroxyl groups is 2. The highest BCUT2D eigenvalue weighted by Crippen LogP contribution is 2.36. The standard InChI is InChI=1S/C20H18Cl2N2O6/c21-11-1-3-13(15(22)5-11)18(27)19-17(24-20(23)28)14-4-2-12(6-16(14)30-19)29-9-10(7-25)8-26/h1-6,10,25-26H,7-9H2,(H3,23,24,28). The van der Waals surface area contributed by atoms with Crippen LogP contribution in [-0.4, -0.2) is 41.8 Å². The molecule has 0 aliphatic rings. The van der Waals surface area contributed by atoms with E-state index in [4.69, 9.17) is 48.3 Å². The summed E-state index contributed by atoms with van der Waals surface area (Å²) in [5, 5.41) is 21.6. The first-order chi connectivity index (χ1) is 14.3. The van der Waals surface area contributed by atoms with Gasteiger partial charge in [-0.3, -0.25) is 4.79 Å². The zero-order valence-electron chi connectivity index (χ0n) is 15.5. The van der Waals surface area contributed by atoms with E-state index < -0.39 is 17.7 Å². The molecule has 0 radical (unpaired) electrons. The highest BCUT2D eigenvalue weighted by atomic mass is 35.5. The molecule has 0 aliphatic heterocycles. The van der Waals surface area contributed by atoms with Gasteiger partial charge in [0.15, 0.2) is 5.76 Å². The molecule has 5 N–H and O–H groups in total. The third-order valence-electron chi connectivity index (χ3n) is 4.29. The van der Waals surface area contributed by atoms with Crippen molar-refractivity contribution in [3.05, 3.63) is 57.8 Å². The number of ether oxygens (including phenoxy) is 1. The fraction of sp³-hybridized carbons (Fsp3) is 0.200. The van der Waals surface area contributed by atoms with Crippen LogP contribution in [0.3, 0.4) is 0 Å². The van der Waals surface area contributed by atoms with Gasteiger partial charge in [0.05, 0.1) is 24.8 Å². The summed E-state index contributed by atoms with van der Waals surface area (Å²) in [4.78, 5) is 24.5. The summed E-state index contributed by atoms with van der Waals surface area (Å²) >= 11 is 12.0. The second kappa shape index (κ2) is 9.36. The highest BCUT2D eigenvalue weighted by Gasteiger charge is 2.25. The molecule has 10 heteroatoms. The van der Waals surface area contributed by atoms with Gasteiger partial charge in [-0.15, -0.1) is 0 Å². The Morgan fingerprint density at radius 2 is 1.87 bits per heavy atom. The Kier molecular flexibility index (Phi) is 6.84. The molecule has 1 aromatic heterocycles. The van der Waals surface area contributed by atoms with Crippen molar-refractivity contribution in [2.75, 3.05) is 25.1 Å². The molecule has 0 unspecified atom stereocenters. The van der Waals surface area contributed by atoms with Gasteiger partial charge in [-0.05, 0) is 30.3 Å². The maximum atomic E-state index is 13.0. The molecule has 8 nitrogen and oxygen atoms in total. The summed E-state index contributed by atoms with van der Waals surface area (Å²) in [6, 6.07) is 8.22. The molecule has 0 fully saturated rings.